The Morgan fingerprint density at radius 2 is 1.73 bits per heavy atom. The predicted octanol–water partition coefficient (Wildman–Crippen LogP) is 4.41. The molecule has 0 aliphatic rings. The SMILES string of the molecule is CCOc1ccc(C=Nc2ccc(CCCOC)cc2)cc1. The highest BCUT2D eigenvalue weighted by Gasteiger charge is 1.95. The molecule has 0 N–H and O–H groups in total. The Hall–Kier alpha value is -2.13. The highest BCUT2D eigenvalue weighted by molar-refractivity contribution is 5.82. The molecule has 0 unspecified atom stereocenters. The molecule has 2 rings (SSSR count). The number of hydrogen-bond donors (Lipinski definition) is 0. The first-order valence-electron chi connectivity index (χ1n) is 7.66. The highest BCUT2D eigenvalue weighted by atomic mass is 16.5. The van der Waals surface area contributed by atoms with Crippen LogP contribution in [0.1, 0.15) is 24.5 Å². The summed E-state index contributed by atoms with van der Waals surface area (Å²) in [6.45, 7) is 3.47. The van der Waals surface area contributed by atoms with E-state index in [-0.39, 0.29) is 0 Å². The van der Waals surface area contributed by atoms with E-state index in [1.165, 1.54) is 5.56 Å². The second-order valence-corrected chi connectivity index (χ2v) is 5.02. The number of aryl methyl sites for hydroxylation is 1. The zero-order valence-electron chi connectivity index (χ0n) is 13.3. The Morgan fingerprint density at radius 1 is 1.00 bits per heavy atom. The number of methoxy groups -OCH3 is 1. The van der Waals surface area contributed by atoms with E-state index in [0.717, 1.165) is 36.4 Å². The largest absolute Gasteiger partial charge is 0.494 e. The van der Waals surface area contributed by atoms with E-state index in [0.29, 0.717) is 6.61 Å². The number of benzene rings is 2. The maximum absolute atomic E-state index is 5.42. The van der Waals surface area contributed by atoms with Crippen LogP contribution in [0.25, 0.3) is 0 Å². The van der Waals surface area contributed by atoms with Crippen molar-refractivity contribution >= 4 is 11.9 Å². The summed E-state index contributed by atoms with van der Waals surface area (Å²) < 4.78 is 10.5. The second-order valence-electron chi connectivity index (χ2n) is 5.02. The average molecular weight is 297 g/mol. The Bertz CT molecular complexity index is 573. The molecule has 0 heterocycles. The smallest absolute Gasteiger partial charge is 0.119 e. The minimum atomic E-state index is 0.685. The van der Waals surface area contributed by atoms with Crippen LogP contribution in [0.3, 0.4) is 0 Å². The third kappa shape index (κ3) is 5.34. The first-order valence-corrected chi connectivity index (χ1v) is 7.66. The van der Waals surface area contributed by atoms with Gasteiger partial charge in [-0.15, -0.1) is 0 Å². The lowest BCUT2D eigenvalue weighted by Gasteiger charge is -2.02. The third-order valence-corrected chi connectivity index (χ3v) is 3.30. The lowest BCUT2D eigenvalue weighted by molar-refractivity contribution is 0.195. The zero-order valence-corrected chi connectivity index (χ0v) is 13.3. The fourth-order valence-corrected chi connectivity index (χ4v) is 2.14. The minimum absolute atomic E-state index is 0.685. The molecule has 3 heteroatoms. The van der Waals surface area contributed by atoms with Gasteiger partial charge in [-0.05, 0) is 67.3 Å². The van der Waals surface area contributed by atoms with Gasteiger partial charge in [0.1, 0.15) is 5.75 Å². The molecule has 0 aromatic heterocycles. The monoisotopic (exact) mass is 297 g/mol. The standard InChI is InChI=1S/C19H23NO2/c1-3-22-19-12-8-17(9-13-19)15-20-18-10-6-16(7-11-18)5-4-14-21-2/h6-13,15H,3-5,14H2,1-2H3. The Kier molecular flexibility index (Phi) is 6.65. The maximum Gasteiger partial charge on any atom is 0.119 e. The molecule has 22 heavy (non-hydrogen) atoms. The molecule has 0 saturated carbocycles. The van der Waals surface area contributed by atoms with E-state index in [4.69, 9.17) is 9.47 Å². The molecule has 0 amide bonds. The van der Waals surface area contributed by atoms with Crippen LogP contribution in [-0.4, -0.2) is 26.5 Å². The Balaban J connectivity index is 1.92. The van der Waals surface area contributed by atoms with E-state index < -0.39 is 0 Å². The van der Waals surface area contributed by atoms with Gasteiger partial charge in [-0.1, -0.05) is 12.1 Å². The van der Waals surface area contributed by atoms with Crippen LogP contribution >= 0.6 is 0 Å². The quantitative estimate of drug-likeness (QED) is 0.533. The average Bonchev–Trinajstić information content (AvgIpc) is 2.56. The first-order chi connectivity index (χ1) is 10.8. The highest BCUT2D eigenvalue weighted by Crippen LogP contribution is 2.15. The van der Waals surface area contributed by atoms with Gasteiger partial charge in [0.25, 0.3) is 0 Å². The maximum atomic E-state index is 5.42. The van der Waals surface area contributed by atoms with Crippen molar-refractivity contribution in [2.24, 2.45) is 4.99 Å². The van der Waals surface area contributed by atoms with Gasteiger partial charge in [0.05, 0.1) is 12.3 Å². The van der Waals surface area contributed by atoms with E-state index >= 15 is 0 Å². The van der Waals surface area contributed by atoms with E-state index in [9.17, 15) is 0 Å². The van der Waals surface area contributed by atoms with Crippen molar-refractivity contribution in [1.29, 1.82) is 0 Å². The molecule has 2 aromatic carbocycles. The third-order valence-electron chi connectivity index (χ3n) is 3.30. The molecule has 0 bridgehead atoms. The molecule has 0 radical (unpaired) electrons. The van der Waals surface area contributed by atoms with Crippen molar-refractivity contribution in [2.75, 3.05) is 20.3 Å². The molecule has 116 valence electrons. The number of aliphatic imine (C=N–C) groups is 1. The van der Waals surface area contributed by atoms with Crippen LogP contribution in [-0.2, 0) is 11.2 Å². The Labute approximate surface area is 132 Å². The van der Waals surface area contributed by atoms with Gasteiger partial charge in [0.15, 0.2) is 0 Å². The van der Waals surface area contributed by atoms with Crippen molar-refractivity contribution in [3.63, 3.8) is 0 Å². The van der Waals surface area contributed by atoms with Crippen LogP contribution < -0.4 is 4.74 Å². The summed E-state index contributed by atoms with van der Waals surface area (Å²) in [5, 5.41) is 0. The number of hydrogen-bond acceptors (Lipinski definition) is 3. The van der Waals surface area contributed by atoms with Crippen LogP contribution in [0.5, 0.6) is 5.75 Å². The molecule has 0 atom stereocenters. The molecule has 2 aromatic rings. The molecule has 0 saturated heterocycles. The van der Waals surface area contributed by atoms with Gasteiger partial charge in [0.2, 0.25) is 0 Å². The predicted molar refractivity (Wildman–Crippen MR) is 91.5 cm³/mol. The van der Waals surface area contributed by atoms with Crippen molar-refractivity contribution in [2.45, 2.75) is 19.8 Å². The number of ether oxygens (including phenoxy) is 2. The summed E-state index contributed by atoms with van der Waals surface area (Å²) >= 11 is 0. The van der Waals surface area contributed by atoms with Crippen LogP contribution in [0.2, 0.25) is 0 Å². The molecule has 0 fully saturated rings. The summed E-state index contributed by atoms with van der Waals surface area (Å²) in [7, 11) is 1.73. The summed E-state index contributed by atoms with van der Waals surface area (Å²) in [6.07, 6.45) is 3.96. The fourth-order valence-electron chi connectivity index (χ4n) is 2.14. The summed E-state index contributed by atoms with van der Waals surface area (Å²) in [6, 6.07) is 16.3. The van der Waals surface area contributed by atoms with E-state index in [1.807, 2.05) is 49.5 Å². The zero-order chi connectivity index (χ0) is 15.6. The van der Waals surface area contributed by atoms with Gasteiger partial charge in [-0.3, -0.25) is 4.99 Å². The fraction of sp³-hybridized carbons (Fsp3) is 0.316. The summed E-state index contributed by atoms with van der Waals surface area (Å²) in [4.78, 5) is 4.50. The van der Waals surface area contributed by atoms with Gasteiger partial charge in [-0.2, -0.15) is 0 Å². The Morgan fingerprint density at radius 3 is 2.36 bits per heavy atom. The van der Waals surface area contributed by atoms with Crippen LogP contribution in [0.4, 0.5) is 5.69 Å². The summed E-state index contributed by atoms with van der Waals surface area (Å²) in [5.41, 5.74) is 3.34. The van der Waals surface area contributed by atoms with Crippen molar-refractivity contribution in [3.8, 4) is 5.75 Å². The second kappa shape index (κ2) is 9.00. The minimum Gasteiger partial charge on any atom is -0.494 e. The van der Waals surface area contributed by atoms with Gasteiger partial charge < -0.3 is 9.47 Å². The molecule has 0 aliphatic carbocycles. The topological polar surface area (TPSA) is 30.8 Å². The van der Waals surface area contributed by atoms with Crippen LogP contribution in [0.15, 0.2) is 53.5 Å². The normalized spacial score (nSPS) is 11.0. The van der Waals surface area contributed by atoms with E-state index in [2.05, 4.69) is 17.1 Å². The van der Waals surface area contributed by atoms with Crippen LogP contribution in [0, 0.1) is 0 Å². The number of nitrogens with zero attached hydrogens (tertiary/aromatic N) is 1. The van der Waals surface area contributed by atoms with Crippen molar-refractivity contribution in [1.82, 2.24) is 0 Å². The molecule has 0 spiro atoms. The van der Waals surface area contributed by atoms with E-state index in [1.54, 1.807) is 7.11 Å². The van der Waals surface area contributed by atoms with Crippen molar-refractivity contribution < 1.29 is 9.47 Å². The lowest BCUT2D eigenvalue weighted by Crippen LogP contribution is -1.92. The summed E-state index contributed by atoms with van der Waals surface area (Å²) in [5.74, 6) is 0.889. The molecular weight excluding hydrogens is 274 g/mol. The lowest BCUT2D eigenvalue weighted by atomic mass is 10.1. The number of rotatable bonds is 8. The molecular formula is C19H23NO2. The first kappa shape index (κ1) is 16.2. The van der Waals surface area contributed by atoms with Crippen molar-refractivity contribution in [3.05, 3.63) is 59.7 Å². The van der Waals surface area contributed by atoms with Gasteiger partial charge >= 0.3 is 0 Å². The van der Waals surface area contributed by atoms with Gasteiger partial charge in [-0.25, -0.2) is 0 Å². The molecule has 3 nitrogen and oxygen atoms in total. The molecule has 0 aliphatic heterocycles. The van der Waals surface area contributed by atoms with Gasteiger partial charge in [0, 0.05) is 19.9 Å².